The summed E-state index contributed by atoms with van der Waals surface area (Å²) in [6, 6.07) is 7.62. The molecule has 4 heteroatoms. The molecular formula is C13H15N3O. The van der Waals surface area contributed by atoms with Gasteiger partial charge in [-0.1, -0.05) is 26.0 Å². The number of aromatic nitrogens is 2. The number of hydrogen-bond donors (Lipinski definition) is 0. The third-order valence-corrected chi connectivity index (χ3v) is 2.27. The van der Waals surface area contributed by atoms with Crippen LogP contribution in [0.1, 0.15) is 31.1 Å². The monoisotopic (exact) mass is 229 g/mol. The average Bonchev–Trinajstić information content (AvgIpc) is 2.77. The maximum absolute atomic E-state index is 11.2. The molecule has 1 heterocycles. The van der Waals surface area contributed by atoms with Crippen LogP contribution in [0.5, 0.6) is 0 Å². The normalized spacial score (nSPS) is 9.29. The molecule has 0 unspecified atom stereocenters. The summed E-state index contributed by atoms with van der Waals surface area (Å²) < 4.78 is 1.34. The number of carbonyl (C=O) groups is 1. The second-order valence-corrected chi connectivity index (χ2v) is 3.26. The lowest BCUT2D eigenvalue weighted by atomic mass is 10.1. The fraction of sp³-hybridized carbons (Fsp3) is 0.308. The van der Waals surface area contributed by atoms with Gasteiger partial charge in [-0.15, -0.1) is 0 Å². The van der Waals surface area contributed by atoms with Crippen molar-refractivity contribution in [1.82, 2.24) is 9.78 Å². The second kappa shape index (κ2) is 5.80. The summed E-state index contributed by atoms with van der Waals surface area (Å²) in [7, 11) is 0. The van der Waals surface area contributed by atoms with E-state index in [4.69, 9.17) is 5.26 Å². The van der Waals surface area contributed by atoms with Crippen molar-refractivity contribution in [2.45, 2.75) is 27.2 Å². The van der Waals surface area contributed by atoms with Crippen LogP contribution < -0.4 is 0 Å². The molecule has 0 aliphatic rings. The van der Waals surface area contributed by atoms with Gasteiger partial charge in [0, 0.05) is 12.3 Å². The Morgan fingerprint density at radius 1 is 1.47 bits per heavy atom. The van der Waals surface area contributed by atoms with Gasteiger partial charge in [-0.05, 0) is 11.6 Å². The Morgan fingerprint density at radius 3 is 2.76 bits per heavy atom. The minimum atomic E-state index is -0.126. The van der Waals surface area contributed by atoms with E-state index in [0.29, 0.717) is 6.42 Å². The molecule has 1 aromatic heterocycles. The SMILES string of the molecule is CC.CC(=O)n1ncc2c(CC#N)cccc21. The smallest absolute Gasteiger partial charge is 0.244 e. The van der Waals surface area contributed by atoms with E-state index in [1.54, 1.807) is 6.20 Å². The van der Waals surface area contributed by atoms with E-state index in [1.165, 1.54) is 11.6 Å². The molecule has 2 rings (SSSR count). The van der Waals surface area contributed by atoms with E-state index in [2.05, 4.69) is 11.2 Å². The van der Waals surface area contributed by atoms with Crippen molar-refractivity contribution in [2.75, 3.05) is 0 Å². The standard InChI is InChI=1S/C11H9N3O.C2H6/c1-8(15)14-11-4-2-3-9(5-6-12)10(11)7-13-14;1-2/h2-4,7H,5H2,1H3;1-2H3. The van der Waals surface area contributed by atoms with Crippen molar-refractivity contribution in [1.29, 1.82) is 5.26 Å². The summed E-state index contributed by atoms with van der Waals surface area (Å²) in [5, 5.41) is 13.5. The average molecular weight is 229 g/mol. The first kappa shape index (κ1) is 12.9. The van der Waals surface area contributed by atoms with E-state index in [1.807, 2.05) is 32.0 Å². The molecule has 0 atom stereocenters. The number of carbonyl (C=O) groups excluding carboxylic acids is 1. The molecular weight excluding hydrogens is 214 g/mol. The van der Waals surface area contributed by atoms with Crippen LogP contribution in [0.25, 0.3) is 10.9 Å². The number of nitriles is 1. The number of hydrogen-bond acceptors (Lipinski definition) is 3. The third kappa shape index (κ3) is 2.51. The summed E-state index contributed by atoms with van der Waals surface area (Å²) >= 11 is 0. The van der Waals surface area contributed by atoms with Crippen LogP contribution in [0.15, 0.2) is 24.4 Å². The van der Waals surface area contributed by atoms with Gasteiger partial charge in [0.05, 0.1) is 24.2 Å². The van der Waals surface area contributed by atoms with Gasteiger partial charge < -0.3 is 0 Å². The zero-order valence-electron chi connectivity index (χ0n) is 10.3. The summed E-state index contributed by atoms with van der Waals surface area (Å²) in [6.07, 6.45) is 1.96. The molecule has 0 spiro atoms. The fourth-order valence-corrected chi connectivity index (χ4v) is 1.60. The molecule has 0 saturated carbocycles. The molecule has 0 N–H and O–H groups in total. The Morgan fingerprint density at radius 2 is 2.18 bits per heavy atom. The Kier molecular flexibility index (Phi) is 4.41. The van der Waals surface area contributed by atoms with Crippen molar-refractivity contribution in [2.24, 2.45) is 0 Å². The van der Waals surface area contributed by atoms with Crippen LogP contribution in [-0.2, 0) is 6.42 Å². The van der Waals surface area contributed by atoms with E-state index < -0.39 is 0 Å². The highest BCUT2D eigenvalue weighted by atomic mass is 16.2. The zero-order valence-corrected chi connectivity index (χ0v) is 10.3. The van der Waals surface area contributed by atoms with Gasteiger partial charge in [0.1, 0.15) is 0 Å². The van der Waals surface area contributed by atoms with Crippen molar-refractivity contribution in [3.05, 3.63) is 30.0 Å². The van der Waals surface area contributed by atoms with Crippen LogP contribution in [0.2, 0.25) is 0 Å². The Labute approximate surface area is 100 Å². The molecule has 0 amide bonds. The summed E-state index contributed by atoms with van der Waals surface area (Å²) in [4.78, 5) is 11.2. The van der Waals surface area contributed by atoms with Gasteiger partial charge in [-0.3, -0.25) is 4.79 Å². The molecule has 88 valence electrons. The summed E-state index contributed by atoms with van der Waals surface area (Å²) in [5.41, 5.74) is 1.66. The Balaban J connectivity index is 0.000000686. The lowest BCUT2D eigenvalue weighted by molar-refractivity contribution is 0.0927. The van der Waals surface area contributed by atoms with Crippen LogP contribution in [-0.4, -0.2) is 15.7 Å². The lowest BCUT2D eigenvalue weighted by Gasteiger charge is -1.99. The van der Waals surface area contributed by atoms with Crippen LogP contribution in [0.4, 0.5) is 0 Å². The van der Waals surface area contributed by atoms with Crippen LogP contribution in [0, 0.1) is 11.3 Å². The van der Waals surface area contributed by atoms with Gasteiger partial charge >= 0.3 is 0 Å². The predicted molar refractivity (Wildman–Crippen MR) is 66.7 cm³/mol. The zero-order chi connectivity index (χ0) is 12.8. The van der Waals surface area contributed by atoms with Crippen molar-refractivity contribution < 1.29 is 4.79 Å². The summed E-state index contributed by atoms with van der Waals surface area (Å²) in [6.45, 7) is 5.46. The molecule has 0 fully saturated rings. The molecule has 1 aromatic carbocycles. The Hall–Kier alpha value is -2.15. The number of nitrogens with zero attached hydrogens (tertiary/aromatic N) is 3. The van der Waals surface area contributed by atoms with Gasteiger partial charge in [0.25, 0.3) is 0 Å². The number of benzene rings is 1. The molecule has 0 aliphatic carbocycles. The first-order chi connectivity index (χ1) is 8.24. The third-order valence-electron chi connectivity index (χ3n) is 2.27. The predicted octanol–water partition coefficient (Wildman–Crippen LogP) is 2.79. The molecule has 0 aliphatic heterocycles. The summed E-state index contributed by atoms with van der Waals surface area (Å²) in [5.74, 6) is -0.126. The van der Waals surface area contributed by atoms with Crippen molar-refractivity contribution in [3.8, 4) is 6.07 Å². The Bertz CT molecular complexity index is 564. The van der Waals surface area contributed by atoms with E-state index >= 15 is 0 Å². The largest absolute Gasteiger partial charge is 0.273 e. The molecule has 0 radical (unpaired) electrons. The fourth-order valence-electron chi connectivity index (χ4n) is 1.60. The molecule has 0 bridgehead atoms. The lowest BCUT2D eigenvalue weighted by Crippen LogP contribution is -2.06. The number of rotatable bonds is 1. The first-order valence-corrected chi connectivity index (χ1v) is 5.57. The van der Waals surface area contributed by atoms with Gasteiger partial charge in [0.2, 0.25) is 5.91 Å². The van der Waals surface area contributed by atoms with Crippen LogP contribution in [0.3, 0.4) is 0 Å². The first-order valence-electron chi connectivity index (χ1n) is 5.57. The van der Waals surface area contributed by atoms with Gasteiger partial charge in [-0.2, -0.15) is 10.4 Å². The highest BCUT2D eigenvalue weighted by molar-refractivity contribution is 5.91. The van der Waals surface area contributed by atoms with E-state index in [0.717, 1.165) is 16.5 Å². The highest BCUT2D eigenvalue weighted by Crippen LogP contribution is 2.18. The quantitative estimate of drug-likeness (QED) is 0.755. The van der Waals surface area contributed by atoms with E-state index in [9.17, 15) is 4.79 Å². The second-order valence-electron chi connectivity index (χ2n) is 3.26. The molecule has 4 nitrogen and oxygen atoms in total. The maximum Gasteiger partial charge on any atom is 0.244 e. The number of fused-ring (bicyclic) bond motifs is 1. The van der Waals surface area contributed by atoms with Crippen molar-refractivity contribution >= 4 is 16.8 Å². The van der Waals surface area contributed by atoms with E-state index in [-0.39, 0.29) is 5.91 Å². The van der Waals surface area contributed by atoms with Gasteiger partial charge in [-0.25, -0.2) is 4.68 Å². The maximum atomic E-state index is 11.2. The minimum Gasteiger partial charge on any atom is -0.273 e. The van der Waals surface area contributed by atoms with Crippen LogP contribution >= 0.6 is 0 Å². The minimum absolute atomic E-state index is 0.126. The molecule has 2 aromatic rings. The van der Waals surface area contributed by atoms with Gasteiger partial charge in [0.15, 0.2) is 0 Å². The van der Waals surface area contributed by atoms with Crippen molar-refractivity contribution in [3.63, 3.8) is 0 Å². The molecule has 17 heavy (non-hydrogen) atoms. The molecule has 0 saturated heterocycles. The highest BCUT2D eigenvalue weighted by Gasteiger charge is 2.08. The topological polar surface area (TPSA) is 58.7 Å².